The molecular weight excluding hydrogens is 276 g/mol. The third-order valence-corrected chi connectivity index (χ3v) is 3.87. The Bertz CT molecular complexity index is 585. The highest BCUT2D eigenvalue weighted by Crippen LogP contribution is 2.30. The fourth-order valence-electron chi connectivity index (χ4n) is 2.72. The molecule has 0 heterocycles. The van der Waals surface area contributed by atoms with Gasteiger partial charge in [0.2, 0.25) is 0 Å². The minimum absolute atomic E-state index is 0.139. The molecule has 1 saturated carbocycles. The van der Waals surface area contributed by atoms with E-state index in [1.165, 1.54) is 12.1 Å². The van der Waals surface area contributed by atoms with Gasteiger partial charge in [-0.2, -0.15) is 0 Å². The second kappa shape index (κ2) is 6.43. The van der Waals surface area contributed by atoms with Crippen molar-refractivity contribution in [2.45, 2.75) is 38.5 Å². The van der Waals surface area contributed by atoms with Crippen molar-refractivity contribution in [1.29, 1.82) is 0 Å². The fourth-order valence-corrected chi connectivity index (χ4v) is 2.72. The topological polar surface area (TPSA) is 103 Å². The molecule has 1 aromatic rings. The van der Waals surface area contributed by atoms with E-state index in [1.54, 1.807) is 0 Å². The van der Waals surface area contributed by atoms with Crippen LogP contribution in [0, 0.1) is 26.1 Å². The van der Waals surface area contributed by atoms with Gasteiger partial charge < -0.3 is 0 Å². The minimum Gasteiger partial charge on any atom is -0.299 e. The standard InChI is InChI=1S/C14H16N2O5/c17-14-5-3-1-2-4-11(14)8-10-6-7-12(15(18)19)9-13(10)16(20)21/h6-7,9,11H,1-5,8H2/t11-/m0/s1. The Labute approximate surface area is 121 Å². The maximum absolute atomic E-state index is 12.0. The first-order valence-corrected chi connectivity index (χ1v) is 6.93. The molecule has 1 atom stereocenters. The number of carbonyl (C=O) groups excluding carboxylic acids is 1. The maximum atomic E-state index is 12.0. The van der Waals surface area contributed by atoms with Gasteiger partial charge in [0.1, 0.15) is 5.78 Å². The molecule has 1 fully saturated rings. The largest absolute Gasteiger partial charge is 0.299 e. The highest BCUT2D eigenvalue weighted by Gasteiger charge is 2.26. The van der Waals surface area contributed by atoms with E-state index in [-0.39, 0.29) is 29.5 Å². The van der Waals surface area contributed by atoms with E-state index >= 15 is 0 Å². The number of nitro groups is 2. The van der Waals surface area contributed by atoms with Crippen molar-refractivity contribution in [3.05, 3.63) is 44.0 Å². The molecule has 0 radical (unpaired) electrons. The van der Waals surface area contributed by atoms with E-state index in [0.29, 0.717) is 12.0 Å². The number of rotatable bonds is 4. The summed E-state index contributed by atoms with van der Waals surface area (Å²) in [5, 5.41) is 21.8. The van der Waals surface area contributed by atoms with Crippen LogP contribution in [-0.4, -0.2) is 15.6 Å². The van der Waals surface area contributed by atoms with E-state index in [4.69, 9.17) is 0 Å². The molecular formula is C14H16N2O5. The minimum atomic E-state index is -0.659. The fraction of sp³-hybridized carbons (Fsp3) is 0.500. The monoisotopic (exact) mass is 292 g/mol. The molecule has 0 saturated heterocycles. The Balaban J connectivity index is 2.28. The van der Waals surface area contributed by atoms with Crippen LogP contribution in [0.5, 0.6) is 0 Å². The van der Waals surface area contributed by atoms with Crippen LogP contribution >= 0.6 is 0 Å². The number of benzene rings is 1. The molecule has 0 aromatic heterocycles. The average molecular weight is 292 g/mol. The summed E-state index contributed by atoms with van der Waals surface area (Å²) in [7, 11) is 0. The lowest BCUT2D eigenvalue weighted by Gasteiger charge is -2.12. The zero-order chi connectivity index (χ0) is 15.4. The van der Waals surface area contributed by atoms with Crippen molar-refractivity contribution in [3.8, 4) is 0 Å². The lowest BCUT2D eigenvalue weighted by Crippen LogP contribution is -2.16. The Hall–Kier alpha value is -2.31. The third-order valence-electron chi connectivity index (χ3n) is 3.87. The zero-order valence-corrected chi connectivity index (χ0v) is 11.5. The highest BCUT2D eigenvalue weighted by molar-refractivity contribution is 5.81. The van der Waals surface area contributed by atoms with Crippen LogP contribution in [0.2, 0.25) is 0 Å². The predicted octanol–water partition coefficient (Wildman–Crippen LogP) is 3.19. The van der Waals surface area contributed by atoms with Crippen LogP contribution in [0.15, 0.2) is 18.2 Å². The summed E-state index contributed by atoms with van der Waals surface area (Å²) < 4.78 is 0. The van der Waals surface area contributed by atoms with Gasteiger partial charge in [0, 0.05) is 24.0 Å². The van der Waals surface area contributed by atoms with Crippen molar-refractivity contribution in [2.24, 2.45) is 5.92 Å². The van der Waals surface area contributed by atoms with E-state index in [1.807, 2.05) is 0 Å². The lowest BCUT2D eigenvalue weighted by atomic mass is 9.90. The van der Waals surface area contributed by atoms with Gasteiger partial charge in [0.25, 0.3) is 11.4 Å². The van der Waals surface area contributed by atoms with Gasteiger partial charge in [-0.15, -0.1) is 0 Å². The van der Waals surface area contributed by atoms with Crippen LogP contribution < -0.4 is 0 Å². The second-order valence-corrected chi connectivity index (χ2v) is 5.29. The van der Waals surface area contributed by atoms with Crippen LogP contribution in [-0.2, 0) is 11.2 Å². The van der Waals surface area contributed by atoms with E-state index in [2.05, 4.69) is 0 Å². The smallest absolute Gasteiger partial charge is 0.279 e. The number of hydrogen-bond donors (Lipinski definition) is 0. The summed E-state index contributed by atoms with van der Waals surface area (Å²) in [5.74, 6) is -0.0761. The van der Waals surface area contributed by atoms with E-state index in [9.17, 15) is 25.0 Å². The molecule has 7 nitrogen and oxygen atoms in total. The number of nitrogens with zero attached hydrogens (tertiary/aromatic N) is 2. The summed E-state index contributed by atoms with van der Waals surface area (Å²) in [6.45, 7) is 0. The van der Waals surface area contributed by atoms with Crippen molar-refractivity contribution < 1.29 is 14.6 Å². The van der Waals surface area contributed by atoms with Gasteiger partial charge in [0.15, 0.2) is 0 Å². The van der Waals surface area contributed by atoms with Crippen LogP contribution in [0.4, 0.5) is 11.4 Å². The molecule has 0 amide bonds. The van der Waals surface area contributed by atoms with Gasteiger partial charge in [-0.05, 0) is 25.3 Å². The number of non-ortho nitro benzene ring substituents is 1. The maximum Gasteiger partial charge on any atom is 0.279 e. The highest BCUT2D eigenvalue weighted by atomic mass is 16.6. The van der Waals surface area contributed by atoms with Crippen molar-refractivity contribution >= 4 is 17.2 Å². The number of nitro benzene ring substituents is 2. The molecule has 1 aliphatic carbocycles. The number of ketones is 1. The molecule has 0 unspecified atom stereocenters. The van der Waals surface area contributed by atoms with Gasteiger partial charge in [0.05, 0.1) is 15.9 Å². The first kappa shape index (κ1) is 15.1. The first-order chi connectivity index (χ1) is 9.99. The molecule has 1 aromatic carbocycles. The summed E-state index contributed by atoms with van der Waals surface area (Å²) in [6, 6.07) is 3.62. The van der Waals surface area contributed by atoms with Crippen LogP contribution in [0.1, 0.15) is 37.7 Å². The number of Topliss-reactive ketones (excluding diaryl/α,β-unsaturated/α-hetero) is 1. The Kier molecular flexibility index (Phi) is 4.62. The SMILES string of the molecule is O=C1CCCCC[C@H]1Cc1ccc([N+](=O)[O-])cc1[N+](=O)[O-]. The molecule has 21 heavy (non-hydrogen) atoms. The average Bonchev–Trinajstić information content (AvgIpc) is 2.64. The van der Waals surface area contributed by atoms with Gasteiger partial charge in [-0.25, -0.2) is 0 Å². The normalized spacial score (nSPS) is 19.0. The van der Waals surface area contributed by atoms with Crippen molar-refractivity contribution in [3.63, 3.8) is 0 Å². The number of hydrogen-bond acceptors (Lipinski definition) is 5. The van der Waals surface area contributed by atoms with Gasteiger partial charge in [-0.1, -0.05) is 12.8 Å². The summed E-state index contributed by atoms with van der Waals surface area (Å²) in [6.07, 6.45) is 4.35. The van der Waals surface area contributed by atoms with Gasteiger partial charge >= 0.3 is 0 Å². The molecule has 7 heteroatoms. The Morgan fingerprint density at radius 2 is 1.86 bits per heavy atom. The molecule has 1 aliphatic rings. The summed E-state index contributed by atoms with van der Waals surface area (Å²) >= 11 is 0. The zero-order valence-electron chi connectivity index (χ0n) is 11.5. The van der Waals surface area contributed by atoms with Crippen LogP contribution in [0.25, 0.3) is 0 Å². The van der Waals surface area contributed by atoms with E-state index in [0.717, 1.165) is 31.7 Å². The Morgan fingerprint density at radius 1 is 1.10 bits per heavy atom. The number of carbonyl (C=O) groups is 1. The lowest BCUT2D eigenvalue weighted by molar-refractivity contribution is -0.394. The first-order valence-electron chi connectivity index (χ1n) is 6.93. The molecule has 0 bridgehead atoms. The molecule has 0 aliphatic heterocycles. The second-order valence-electron chi connectivity index (χ2n) is 5.29. The summed E-state index contributed by atoms with van der Waals surface area (Å²) in [4.78, 5) is 32.5. The summed E-state index contributed by atoms with van der Waals surface area (Å²) in [5.41, 5.74) is -0.190. The van der Waals surface area contributed by atoms with E-state index < -0.39 is 9.85 Å². The van der Waals surface area contributed by atoms with Crippen molar-refractivity contribution in [2.75, 3.05) is 0 Å². The van der Waals surface area contributed by atoms with Crippen molar-refractivity contribution in [1.82, 2.24) is 0 Å². The van der Waals surface area contributed by atoms with Gasteiger partial charge in [-0.3, -0.25) is 25.0 Å². The predicted molar refractivity (Wildman–Crippen MR) is 75.0 cm³/mol. The molecule has 112 valence electrons. The quantitative estimate of drug-likeness (QED) is 0.481. The molecule has 0 N–H and O–H groups in total. The Morgan fingerprint density at radius 3 is 2.52 bits per heavy atom. The van der Waals surface area contributed by atoms with Crippen LogP contribution in [0.3, 0.4) is 0 Å². The molecule has 2 rings (SSSR count). The molecule has 0 spiro atoms. The third kappa shape index (κ3) is 3.62.